The summed E-state index contributed by atoms with van der Waals surface area (Å²) < 4.78 is 5.42. The van der Waals surface area contributed by atoms with E-state index in [1.165, 1.54) is 0 Å². The molecule has 0 aliphatic rings. The highest BCUT2D eigenvalue weighted by Crippen LogP contribution is 2.12. The van der Waals surface area contributed by atoms with E-state index in [1.54, 1.807) is 30.3 Å². The molecule has 1 rings (SSSR count). The molecule has 13 heavy (non-hydrogen) atoms. The second-order valence-corrected chi connectivity index (χ2v) is 3.16. The molecule has 4 heteroatoms. The van der Waals surface area contributed by atoms with Crippen LogP contribution in [0.15, 0.2) is 28.7 Å². The zero-order chi connectivity index (χ0) is 9.68. The van der Waals surface area contributed by atoms with Gasteiger partial charge in [0.15, 0.2) is 6.61 Å². The van der Waals surface area contributed by atoms with Crippen molar-refractivity contribution in [1.29, 1.82) is 5.26 Å². The van der Waals surface area contributed by atoms with Crippen LogP contribution in [0.25, 0.3) is 0 Å². The molecule has 1 aromatic rings. The Kier molecular flexibility index (Phi) is 3.47. The molecule has 0 N–H and O–H groups in total. The van der Waals surface area contributed by atoms with Crippen LogP contribution in [0.1, 0.15) is 10.4 Å². The van der Waals surface area contributed by atoms with Gasteiger partial charge in [-0.05, 0) is 18.2 Å². The number of hydrogen-bond donors (Lipinski definition) is 0. The van der Waals surface area contributed by atoms with Crippen molar-refractivity contribution in [3.05, 3.63) is 34.3 Å². The van der Waals surface area contributed by atoms with Crippen LogP contribution in [0.4, 0.5) is 0 Å². The highest BCUT2D eigenvalue weighted by molar-refractivity contribution is 9.10. The molecule has 66 valence electrons. The molecular weight excluding hydrogens is 234 g/mol. The maximum Gasteiger partial charge on any atom is 0.339 e. The number of esters is 1. The van der Waals surface area contributed by atoms with E-state index in [0.717, 1.165) is 4.47 Å². The normalized spacial score (nSPS) is 8.92. The van der Waals surface area contributed by atoms with Gasteiger partial charge in [-0.2, -0.15) is 5.26 Å². The average molecular weight is 240 g/mol. The molecule has 1 aromatic carbocycles. The Balaban J connectivity index is 2.72. The number of carbonyl (C=O) groups is 1. The Morgan fingerprint density at radius 3 is 3.00 bits per heavy atom. The molecule has 0 amide bonds. The number of rotatable bonds is 2. The second-order valence-electron chi connectivity index (χ2n) is 2.24. The van der Waals surface area contributed by atoms with Crippen molar-refractivity contribution in [2.24, 2.45) is 0 Å². The Morgan fingerprint density at radius 2 is 2.38 bits per heavy atom. The monoisotopic (exact) mass is 239 g/mol. The molecule has 0 fully saturated rings. The van der Waals surface area contributed by atoms with Gasteiger partial charge in [-0.3, -0.25) is 0 Å². The molecule has 0 aliphatic carbocycles. The Morgan fingerprint density at radius 1 is 1.62 bits per heavy atom. The van der Waals surface area contributed by atoms with Gasteiger partial charge in [-0.1, -0.05) is 22.0 Å². The van der Waals surface area contributed by atoms with Crippen LogP contribution >= 0.6 is 15.9 Å². The molecule has 0 saturated heterocycles. The fraction of sp³-hybridized carbons (Fsp3) is 0.111. The molecular formula is C9H6BrNO2. The van der Waals surface area contributed by atoms with Crippen LogP contribution in [0.5, 0.6) is 0 Å². The minimum absolute atomic E-state index is 0.217. The van der Waals surface area contributed by atoms with E-state index in [-0.39, 0.29) is 6.61 Å². The maximum absolute atomic E-state index is 11.2. The SMILES string of the molecule is N#CCOC(=O)c1cccc(Br)c1. The first kappa shape index (κ1) is 9.75. The molecule has 0 bridgehead atoms. The number of nitrogens with zero attached hydrogens (tertiary/aromatic N) is 1. The van der Waals surface area contributed by atoms with Gasteiger partial charge in [0.25, 0.3) is 0 Å². The predicted octanol–water partition coefficient (Wildman–Crippen LogP) is 2.13. The van der Waals surface area contributed by atoms with Gasteiger partial charge in [0.2, 0.25) is 0 Å². The Bertz CT molecular complexity index is 357. The van der Waals surface area contributed by atoms with Gasteiger partial charge in [-0.15, -0.1) is 0 Å². The Hall–Kier alpha value is -1.34. The number of ether oxygens (including phenoxy) is 1. The van der Waals surface area contributed by atoms with E-state index in [0.29, 0.717) is 5.56 Å². The van der Waals surface area contributed by atoms with E-state index in [1.807, 2.05) is 0 Å². The summed E-state index contributed by atoms with van der Waals surface area (Å²) in [7, 11) is 0. The van der Waals surface area contributed by atoms with Crippen molar-refractivity contribution in [3.63, 3.8) is 0 Å². The van der Waals surface area contributed by atoms with Crippen LogP contribution in [0, 0.1) is 11.3 Å². The van der Waals surface area contributed by atoms with Crippen molar-refractivity contribution in [3.8, 4) is 6.07 Å². The lowest BCUT2D eigenvalue weighted by atomic mass is 10.2. The molecule has 0 radical (unpaired) electrons. The first-order valence-corrected chi connectivity index (χ1v) is 4.33. The third-order valence-corrected chi connectivity index (χ3v) is 1.82. The van der Waals surface area contributed by atoms with Crippen LogP contribution in [0.3, 0.4) is 0 Å². The minimum atomic E-state index is -0.483. The van der Waals surface area contributed by atoms with E-state index in [4.69, 9.17) is 5.26 Å². The third-order valence-electron chi connectivity index (χ3n) is 1.33. The molecule has 0 spiro atoms. The zero-order valence-corrected chi connectivity index (χ0v) is 8.24. The summed E-state index contributed by atoms with van der Waals surface area (Å²) in [5.74, 6) is -0.483. The van der Waals surface area contributed by atoms with Crippen LogP contribution in [0.2, 0.25) is 0 Å². The van der Waals surface area contributed by atoms with Crippen LogP contribution in [-0.4, -0.2) is 12.6 Å². The van der Waals surface area contributed by atoms with E-state index >= 15 is 0 Å². The fourth-order valence-electron chi connectivity index (χ4n) is 0.797. The van der Waals surface area contributed by atoms with Gasteiger partial charge in [0.05, 0.1) is 5.56 Å². The van der Waals surface area contributed by atoms with E-state index in [2.05, 4.69) is 20.7 Å². The highest BCUT2D eigenvalue weighted by atomic mass is 79.9. The lowest BCUT2D eigenvalue weighted by Crippen LogP contribution is -2.04. The quantitative estimate of drug-likeness (QED) is 0.744. The summed E-state index contributed by atoms with van der Waals surface area (Å²) in [5.41, 5.74) is 0.435. The first-order chi connectivity index (χ1) is 6.24. The van der Waals surface area contributed by atoms with Crippen molar-refractivity contribution in [2.45, 2.75) is 0 Å². The van der Waals surface area contributed by atoms with Gasteiger partial charge >= 0.3 is 5.97 Å². The second kappa shape index (κ2) is 4.63. The molecule has 0 heterocycles. The largest absolute Gasteiger partial charge is 0.447 e. The van der Waals surface area contributed by atoms with Crippen molar-refractivity contribution in [2.75, 3.05) is 6.61 Å². The molecule has 0 aromatic heterocycles. The Labute approximate surface area is 84.1 Å². The van der Waals surface area contributed by atoms with E-state index < -0.39 is 5.97 Å². The van der Waals surface area contributed by atoms with Gasteiger partial charge in [0, 0.05) is 4.47 Å². The number of halogens is 1. The lowest BCUT2D eigenvalue weighted by molar-refractivity contribution is 0.0555. The summed E-state index contributed by atoms with van der Waals surface area (Å²) in [6, 6.07) is 8.53. The maximum atomic E-state index is 11.2. The van der Waals surface area contributed by atoms with Crippen molar-refractivity contribution >= 4 is 21.9 Å². The number of hydrogen-bond acceptors (Lipinski definition) is 3. The number of benzene rings is 1. The molecule has 3 nitrogen and oxygen atoms in total. The van der Waals surface area contributed by atoms with Crippen LogP contribution < -0.4 is 0 Å². The molecule has 0 atom stereocenters. The van der Waals surface area contributed by atoms with Gasteiger partial charge in [-0.25, -0.2) is 4.79 Å². The summed E-state index contributed by atoms with van der Waals surface area (Å²) in [6.07, 6.45) is 0. The lowest BCUT2D eigenvalue weighted by Gasteiger charge is -1.99. The molecule has 0 unspecified atom stereocenters. The fourth-order valence-corrected chi connectivity index (χ4v) is 1.20. The molecule has 0 saturated carbocycles. The summed E-state index contributed by atoms with van der Waals surface area (Å²) >= 11 is 3.23. The number of carbonyl (C=O) groups excluding carboxylic acids is 1. The highest BCUT2D eigenvalue weighted by Gasteiger charge is 2.05. The predicted molar refractivity (Wildman–Crippen MR) is 50.0 cm³/mol. The smallest absolute Gasteiger partial charge is 0.339 e. The zero-order valence-electron chi connectivity index (χ0n) is 6.66. The third kappa shape index (κ3) is 2.88. The van der Waals surface area contributed by atoms with Crippen LogP contribution in [-0.2, 0) is 4.74 Å². The molecule has 0 aliphatic heterocycles. The average Bonchev–Trinajstić information content (AvgIpc) is 2.14. The summed E-state index contributed by atoms with van der Waals surface area (Å²) in [5, 5.41) is 8.18. The summed E-state index contributed by atoms with van der Waals surface area (Å²) in [6.45, 7) is -0.217. The summed E-state index contributed by atoms with van der Waals surface area (Å²) in [4.78, 5) is 11.2. The minimum Gasteiger partial charge on any atom is -0.447 e. The van der Waals surface area contributed by atoms with Crippen molar-refractivity contribution < 1.29 is 9.53 Å². The van der Waals surface area contributed by atoms with Gasteiger partial charge < -0.3 is 4.74 Å². The van der Waals surface area contributed by atoms with Crippen molar-refractivity contribution in [1.82, 2.24) is 0 Å². The van der Waals surface area contributed by atoms with E-state index in [9.17, 15) is 4.79 Å². The van der Waals surface area contributed by atoms with Gasteiger partial charge in [0.1, 0.15) is 6.07 Å². The first-order valence-electron chi connectivity index (χ1n) is 3.53. The number of nitriles is 1. The standard InChI is InChI=1S/C9H6BrNO2/c10-8-3-1-2-7(6-8)9(12)13-5-4-11/h1-3,6H,5H2. The topological polar surface area (TPSA) is 50.1 Å².